The third-order valence-corrected chi connectivity index (χ3v) is 1.91. The van der Waals surface area contributed by atoms with Gasteiger partial charge in [-0.1, -0.05) is 12.1 Å². The summed E-state index contributed by atoms with van der Waals surface area (Å²) in [6, 6.07) is 1.85. The first-order chi connectivity index (χ1) is 7.81. The van der Waals surface area contributed by atoms with Crippen LogP contribution in [-0.4, -0.2) is 24.9 Å². The fourth-order valence-electron chi connectivity index (χ4n) is 1.24. The van der Waals surface area contributed by atoms with E-state index in [0.29, 0.717) is 18.3 Å². The number of aromatic nitrogens is 5. The molecule has 0 saturated heterocycles. The molecule has 0 saturated carbocycles. The highest BCUT2D eigenvalue weighted by atomic mass is 16.5. The molecule has 16 heavy (non-hydrogen) atoms. The molecular formula is C9H10N6O. The van der Waals surface area contributed by atoms with Crippen molar-refractivity contribution in [3.05, 3.63) is 23.9 Å². The molecule has 82 valence electrons. The molecule has 2 rings (SSSR count). The Balaban J connectivity index is 2.05. The first kappa shape index (κ1) is 10.3. The van der Waals surface area contributed by atoms with E-state index in [2.05, 4.69) is 20.2 Å². The van der Waals surface area contributed by atoms with Crippen LogP contribution in [0.15, 0.2) is 10.9 Å². The van der Waals surface area contributed by atoms with Gasteiger partial charge in [0.15, 0.2) is 5.82 Å². The van der Waals surface area contributed by atoms with Gasteiger partial charge in [-0.2, -0.15) is 10.2 Å². The van der Waals surface area contributed by atoms with Crippen molar-refractivity contribution in [3.63, 3.8) is 0 Å². The number of hydrogen-bond acceptors (Lipinski definition) is 6. The van der Waals surface area contributed by atoms with Crippen molar-refractivity contribution in [1.82, 2.24) is 24.9 Å². The van der Waals surface area contributed by atoms with Crippen molar-refractivity contribution >= 4 is 0 Å². The Kier molecular flexibility index (Phi) is 2.91. The Hall–Kier alpha value is -2.23. The van der Waals surface area contributed by atoms with Crippen molar-refractivity contribution in [1.29, 1.82) is 5.26 Å². The second kappa shape index (κ2) is 4.53. The number of nitriles is 1. The molecule has 2 aromatic rings. The van der Waals surface area contributed by atoms with Gasteiger partial charge in [-0.05, 0) is 6.42 Å². The van der Waals surface area contributed by atoms with E-state index in [4.69, 9.17) is 9.78 Å². The van der Waals surface area contributed by atoms with Crippen molar-refractivity contribution in [2.24, 2.45) is 0 Å². The Morgan fingerprint density at radius 3 is 3.12 bits per heavy atom. The molecular weight excluding hydrogens is 208 g/mol. The first-order valence-electron chi connectivity index (χ1n) is 4.93. The van der Waals surface area contributed by atoms with Crippen LogP contribution in [0, 0.1) is 11.3 Å². The van der Waals surface area contributed by atoms with Crippen molar-refractivity contribution in [2.45, 2.75) is 26.3 Å². The zero-order valence-electron chi connectivity index (χ0n) is 8.79. The van der Waals surface area contributed by atoms with Gasteiger partial charge in [0.25, 0.3) is 5.82 Å². The predicted molar refractivity (Wildman–Crippen MR) is 52.1 cm³/mol. The summed E-state index contributed by atoms with van der Waals surface area (Å²) in [6.45, 7) is 2.41. The van der Waals surface area contributed by atoms with Crippen molar-refractivity contribution in [2.75, 3.05) is 0 Å². The monoisotopic (exact) mass is 218 g/mol. The minimum absolute atomic E-state index is 0.136. The fraction of sp³-hybridized carbons (Fsp3) is 0.444. The lowest BCUT2D eigenvalue weighted by atomic mass is 10.3. The van der Waals surface area contributed by atoms with Gasteiger partial charge in [-0.3, -0.25) is 0 Å². The molecule has 0 fully saturated rings. The first-order valence-corrected chi connectivity index (χ1v) is 4.93. The Bertz CT molecular complexity index is 508. The van der Waals surface area contributed by atoms with Crippen LogP contribution >= 0.6 is 0 Å². The molecule has 7 nitrogen and oxygen atoms in total. The topological polar surface area (TPSA) is 93.4 Å². The van der Waals surface area contributed by atoms with E-state index < -0.39 is 0 Å². The van der Waals surface area contributed by atoms with Gasteiger partial charge >= 0.3 is 0 Å². The quantitative estimate of drug-likeness (QED) is 0.743. The molecule has 7 heteroatoms. The maximum Gasteiger partial charge on any atom is 0.252 e. The van der Waals surface area contributed by atoms with Crippen LogP contribution in [0.3, 0.4) is 0 Å². The largest absolute Gasteiger partial charge is 0.339 e. The van der Waals surface area contributed by atoms with Crippen LogP contribution in [-0.2, 0) is 13.0 Å². The lowest BCUT2D eigenvalue weighted by Crippen LogP contribution is -2.02. The lowest BCUT2D eigenvalue weighted by Gasteiger charge is -1.91. The summed E-state index contributed by atoms with van der Waals surface area (Å²) in [7, 11) is 0. The van der Waals surface area contributed by atoms with Crippen LogP contribution in [0.25, 0.3) is 0 Å². The highest BCUT2D eigenvalue weighted by Gasteiger charge is 2.07. The number of aryl methyl sites for hydroxylation is 1. The van der Waals surface area contributed by atoms with E-state index in [9.17, 15) is 0 Å². The number of nitrogens with zero attached hydrogens (tertiary/aromatic N) is 6. The van der Waals surface area contributed by atoms with E-state index >= 15 is 0 Å². The molecule has 0 bridgehead atoms. The van der Waals surface area contributed by atoms with Crippen molar-refractivity contribution < 1.29 is 4.52 Å². The summed E-state index contributed by atoms with van der Waals surface area (Å²) in [5, 5.41) is 16.3. The fourth-order valence-corrected chi connectivity index (χ4v) is 1.24. The molecule has 0 atom stereocenters. The average molecular weight is 218 g/mol. The lowest BCUT2D eigenvalue weighted by molar-refractivity contribution is 0.370. The summed E-state index contributed by atoms with van der Waals surface area (Å²) in [5.74, 6) is 1.30. The molecule has 0 amide bonds. The Morgan fingerprint density at radius 2 is 2.44 bits per heavy atom. The van der Waals surface area contributed by atoms with Gasteiger partial charge in [0, 0.05) is 6.42 Å². The standard InChI is InChI=1S/C9H10N6O/c1-2-3-9-12-8(14-16-9)5-15-6-11-7(4-10)13-15/h6H,2-3,5H2,1H3. The molecule has 0 radical (unpaired) electrons. The van der Waals surface area contributed by atoms with Gasteiger partial charge in [0.05, 0.1) is 0 Å². The van der Waals surface area contributed by atoms with Gasteiger partial charge in [-0.15, -0.1) is 5.10 Å². The smallest absolute Gasteiger partial charge is 0.252 e. The van der Waals surface area contributed by atoms with E-state index in [1.54, 1.807) is 0 Å². The second-order valence-corrected chi connectivity index (χ2v) is 3.23. The SMILES string of the molecule is CCCc1nc(Cn2cnc(C#N)n2)no1. The van der Waals surface area contributed by atoms with Gasteiger partial charge < -0.3 is 4.52 Å². The number of hydrogen-bond donors (Lipinski definition) is 0. The third kappa shape index (κ3) is 2.23. The third-order valence-electron chi connectivity index (χ3n) is 1.91. The minimum Gasteiger partial charge on any atom is -0.339 e. The van der Waals surface area contributed by atoms with Gasteiger partial charge in [0.1, 0.15) is 18.9 Å². The van der Waals surface area contributed by atoms with Crippen molar-refractivity contribution in [3.8, 4) is 6.07 Å². The summed E-state index contributed by atoms with van der Waals surface area (Å²) in [4.78, 5) is 7.96. The zero-order valence-corrected chi connectivity index (χ0v) is 8.79. The molecule has 2 aromatic heterocycles. The van der Waals surface area contributed by atoms with Crippen LogP contribution < -0.4 is 0 Å². The Labute approximate surface area is 91.7 Å². The van der Waals surface area contributed by atoms with E-state index in [1.807, 2.05) is 13.0 Å². The zero-order chi connectivity index (χ0) is 11.4. The molecule has 0 aromatic carbocycles. The summed E-state index contributed by atoms with van der Waals surface area (Å²) < 4.78 is 6.52. The molecule has 0 aliphatic heterocycles. The minimum atomic E-state index is 0.136. The summed E-state index contributed by atoms with van der Waals surface area (Å²) in [5.41, 5.74) is 0. The second-order valence-electron chi connectivity index (χ2n) is 3.23. The Morgan fingerprint density at radius 1 is 1.56 bits per heavy atom. The normalized spacial score (nSPS) is 10.2. The molecule has 0 unspecified atom stereocenters. The van der Waals surface area contributed by atoms with E-state index in [1.165, 1.54) is 11.0 Å². The molecule has 0 N–H and O–H groups in total. The molecule has 0 aliphatic rings. The predicted octanol–water partition coefficient (Wildman–Crippen LogP) is 0.534. The van der Waals surface area contributed by atoms with Crippen LogP contribution in [0.4, 0.5) is 0 Å². The van der Waals surface area contributed by atoms with E-state index in [-0.39, 0.29) is 5.82 Å². The molecule has 0 spiro atoms. The summed E-state index contributed by atoms with van der Waals surface area (Å²) in [6.07, 6.45) is 3.20. The van der Waals surface area contributed by atoms with Crippen LogP contribution in [0.1, 0.15) is 30.9 Å². The van der Waals surface area contributed by atoms with Gasteiger partial charge in [0.2, 0.25) is 5.89 Å². The van der Waals surface area contributed by atoms with Crippen LogP contribution in [0.2, 0.25) is 0 Å². The maximum absolute atomic E-state index is 8.55. The highest BCUT2D eigenvalue weighted by Crippen LogP contribution is 2.02. The highest BCUT2D eigenvalue weighted by molar-refractivity contribution is 5.05. The average Bonchev–Trinajstić information content (AvgIpc) is 2.89. The van der Waals surface area contributed by atoms with Crippen LogP contribution in [0.5, 0.6) is 0 Å². The summed E-state index contributed by atoms with van der Waals surface area (Å²) >= 11 is 0. The van der Waals surface area contributed by atoms with Gasteiger partial charge in [-0.25, -0.2) is 9.67 Å². The number of rotatable bonds is 4. The molecule has 2 heterocycles. The molecule has 0 aliphatic carbocycles. The van der Waals surface area contributed by atoms with E-state index in [0.717, 1.165) is 12.8 Å². The maximum atomic E-state index is 8.55.